The number of aromatic nitrogens is 4. The third-order valence-corrected chi connectivity index (χ3v) is 5.31. The van der Waals surface area contributed by atoms with E-state index in [1.165, 1.54) is 11.4 Å². The van der Waals surface area contributed by atoms with E-state index in [4.69, 9.17) is 23.2 Å². The molecule has 120 valence electrons. The van der Waals surface area contributed by atoms with Crippen molar-refractivity contribution in [2.45, 2.75) is 6.54 Å². The first-order valence-electron chi connectivity index (χ1n) is 6.46. The van der Waals surface area contributed by atoms with E-state index in [0.717, 1.165) is 15.9 Å². The van der Waals surface area contributed by atoms with Gasteiger partial charge in [-0.3, -0.25) is 0 Å². The number of nitrogens with zero attached hydrogens (tertiary/aromatic N) is 5. The summed E-state index contributed by atoms with van der Waals surface area (Å²) in [5, 5.41) is -0.169. The summed E-state index contributed by atoms with van der Waals surface area (Å²) < 4.78 is 27.6. The lowest BCUT2D eigenvalue weighted by atomic mass is 10.2. The van der Waals surface area contributed by atoms with Gasteiger partial charge in [0.05, 0.1) is 0 Å². The van der Waals surface area contributed by atoms with Gasteiger partial charge in [-0.2, -0.15) is 17.7 Å². The van der Waals surface area contributed by atoms with E-state index in [-0.39, 0.29) is 28.1 Å². The van der Waals surface area contributed by atoms with Crippen molar-refractivity contribution < 1.29 is 8.42 Å². The molecule has 0 N–H and O–H groups in total. The van der Waals surface area contributed by atoms with Crippen molar-refractivity contribution in [3.8, 4) is 0 Å². The van der Waals surface area contributed by atoms with Crippen LogP contribution < -0.4 is 0 Å². The van der Waals surface area contributed by atoms with Crippen molar-refractivity contribution in [1.82, 2.24) is 23.2 Å². The number of fused-ring (bicyclic) bond motifs is 1. The summed E-state index contributed by atoms with van der Waals surface area (Å²) in [4.78, 5) is 11.6. The Balaban J connectivity index is 2.03. The molecule has 3 aromatic rings. The van der Waals surface area contributed by atoms with Gasteiger partial charge in [-0.15, -0.1) is 0 Å². The molecule has 1 aromatic carbocycles. The third-order valence-electron chi connectivity index (χ3n) is 3.19. The van der Waals surface area contributed by atoms with E-state index in [0.29, 0.717) is 0 Å². The molecule has 0 aliphatic heterocycles. The Bertz CT molecular complexity index is 959. The van der Waals surface area contributed by atoms with Crippen molar-refractivity contribution in [2.75, 3.05) is 7.05 Å². The largest absolute Gasteiger partial charge is 0.309 e. The first kappa shape index (κ1) is 16.1. The fourth-order valence-electron chi connectivity index (χ4n) is 2.08. The van der Waals surface area contributed by atoms with Crippen LogP contribution in [0.5, 0.6) is 0 Å². The molecule has 0 unspecified atom stereocenters. The van der Waals surface area contributed by atoms with Gasteiger partial charge >= 0.3 is 10.2 Å². The fourth-order valence-corrected chi connectivity index (χ4v) is 3.77. The summed E-state index contributed by atoms with van der Waals surface area (Å²) in [6.07, 6.45) is 1.14. The van der Waals surface area contributed by atoms with E-state index < -0.39 is 10.2 Å². The first-order valence-corrected chi connectivity index (χ1v) is 8.62. The summed E-state index contributed by atoms with van der Waals surface area (Å²) in [5.41, 5.74) is 1.07. The average molecular weight is 372 g/mol. The molecule has 0 bridgehead atoms. The molecule has 10 heteroatoms. The van der Waals surface area contributed by atoms with Crippen molar-refractivity contribution in [1.29, 1.82) is 0 Å². The van der Waals surface area contributed by atoms with Crippen LogP contribution in [0, 0.1) is 0 Å². The van der Waals surface area contributed by atoms with Gasteiger partial charge in [-0.1, -0.05) is 41.9 Å². The van der Waals surface area contributed by atoms with Gasteiger partial charge in [0.15, 0.2) is 10.8 Å². The smallest absolute Gasteiger partial charge is 0.216 e. The van der Waals surface area contributed by atoms with Crippen LogP contribution in [0.4, 0.5) is 0 Å². The molecule has 0 radical (unpaired) electrons. The molecule has 0 saturated carbocycles. The zero-order valence-corrected chi connectivity index (χ0v) is 14.2. The highest BCUT2D eigenvalue weighted by Crippen LogP contribution is 2.24. The maximum absolute atomic E-state index is 12.8. The van der Waals surface area contributed by atoms with Gasteiger partial charge < -0.3 is 0 Å². The highest BCUT2D eigenvalue weighted by atomic mass is 35.5. The minimum absolute atomic E-state index is 0.0748. The Hall–Kier alpha value is -1.74. The molecule has 0 atom stereocenters. The number of imidazole rings is 1. The summed E-state index contributed by atoms with van der Waals surface area (Å²) in [7, 11) is -2.40. The number of rotatable bonds is 4. The van der Waals surface area contributed by atoms with Gasteiger partial charge in [-0.25, -0.2) is 13.9 Å². The van der Waals surface area contributed by atoms with Crippen LogP contribution in [0.3, 0.4) is 0 Å². The lowest BCUT2D eigenvalue weighted by Crippen LogP contribution is -2.31. The van der Waals surface area contributed by atoms with E-state index in [2.05, 4.69) is 15.0 Å². The predicted octanol–water partition coefficient (Wildman–Crippen LogP) is 2.36. The van der Waals surface area contributed by atoms with Crippen LogP contribution in [0.1, 0.15) is 5.56 Å². The van der Waals surface area contributed by atoms with Gasteiger partial charge in [0, 0.05) is 13.6 Å². The van der Waals surface area contributed by atoms with Crippen molar-refractivity contribution in [3.05, 3.63) is 52.7 Å². The molecule has 2 heterocycles. The molecule has 0 spiro atoms. The SMILES string of the molecule is CN(Cc1ccccc1)S(=O)(=O)n1cnc2nc(Cl)nc(Cl)c21. The standard InChI is InChI=1S/C13H11Cl2N5O2S/c1-19(7-9-5-3-2-4-6-9)23(21,22)20-8-16-12-10(20)11(14)17-13(15)18-12/h2-6,8H,7H2,1H3. The van der Waals surface area contributed by atoms with Crippen LogP contribution in [0.2, 0.25) is 10.4 Å². The van der Waals surface area contributed by atoms with Crippen LogP contribution in [0.15, 0.2) is 36.7 Å². The summed E-state index contributed by atoms with van der Waals surface area (Å²) in [5.74, 6) is 0. The molecule has 0 aliphatic rings. The van der Waals surface area contributed by atoms with Crippen LogP contribution in [0.25, 0.3) is 11.2 Å². The average Bonchev–Trinajstić information content (AvgIpc) is 2.93. The molecule has 23 heavy (non-hydrogen) atoms. The molecule has 7 nitrogen and oxygen atoms in total. The summed E-state index contributed by atoms with van der Waals surface area (Å²) in [6.45, 7) is 0.203. The van der Waals surface area contributed by atoms with Crippen molar-refractivity contribution >= 4 is 44.6 Å². The molecule has 0 aliphatic carbocycles. The van der Waals surface area contributed by atoms with E-state index in [9.17, 15) is 8.42 Å². The van der Waals surface area contributed by atoms with Crippen molar-refractivity contribution in [2.24, 2.45) is 0 Å². The quantitative estimate of drug-likeness (QED) is 0.519. The lowest BCUT2D eigenvalue weighted by Gasteiger charge is -2.18. The van der Waals surface area contributed by atoms with Gasteiger partial charge in [0.1, 0.15) is 11.8 Å². The first-order chi connectivity index (χ1) is 10.9. The number of hydrogen-bond donors (Lipinski definition) is 0. The zero-order valence-electron chi connectivity index (χ0n) is 11.9. The predicted molar refractivity (Wildman–Crippen MR) is 87.6 cm³/mol. The molecular formula is C13H11Cl2N5O2S. The monoisotopic (exact) mass is 371 g/mol. The van der Waals surface area contributed by atoms with Crippen LogP contribution in [-0.4, -0.2) is 38.7 Å². The second-order valence-corrected chi connectivity index (χ2v) is 7.35. The fraction of sp³-hybridized carbons (Fsp3) is 0.154. The Morgan fingerprint density at radius 3 is 2.57 bits per heavy atom. The maximum Gasteiger partial charge on any atom is 0.309 e. The van der Waals surface area contributed by atoms with E-state index in [1.807, 2.05) is 30.3 Å². The zero-order chi connectivity index (χ0) is 16.6. The van der Waals surface area contributed by atoms with E-state index in [1.54, 1.807) is 0 Å². The Morgan fingerprint density at radius 2 is 1.87 bits per heavy atom. The minimum Gasteiger partial charge on any atom is -0.216 e. The van der Waals surface area contributed by atoms with E-state index >= 15 is 0 Å². The highest BCUT2D eigenvalue weighted by molar-refractivity contribution is 7.87. The second-order valence-electron chi connectivity index (χ2n) is 4.75. The summed E-state index contributed by atoms with van der Waals surface area (Å²) in [6, 6.07) is 9.23. The highest BCUT2D eigenvalue weighted by Gasteiger charge is 2.25. The molecular weight excluding hydrogens is 361 g/mol. The molecule has 0 amide bonds. The second kappa shape index (κ2) is 6.04. The summed E-state index contributed by atoms with van der Waals surface area (Å²) >= 11 is 11.7. The van der Waals surface area contributed by atoms with Gasteiger partial charge in [0.25, 0.3) is 0 Å². The van der Waals surface area contributed by atoms with Crippen LogP contribution >= 0.6 is 23.2 Å². The third kappa shape index (κ3) is 3.02. The number of benzene rings is 1. The molecule has 0 fully saturated rings. The minimum atomic E-state index is -3.88. The van der Waals surface area contributed by atoms with Crippen LogP contribution in [-0.2, 0) is 16.8 Å². The molecule has 2 aromatic heterocycles. The van der Waals surface area contributed by atoms with Crippen molar-refractivity contribution in [3.63, 3.8) is 0 Å². The van der Waals surface area contributed by atoms with Gasteiger partial charge in [0.2, 0.25) is 5.28 Å². The number of halogens is 2. The number of hydrogen-bond acceptors (Lipinski definition) is 5. The Labute approximate surface area is 142 Å². The maximum atomic E-state index is 12.8. The topological polar surface area (TPSA) is 81.0 Å². The Morgan fingerprint density at radius 1 is 1.17 bits per heavy atom. The van der Waals surface area contributed by atoms with Gasteiger partial charge in [-0.05, 0) is 17.2 Å². The molecule has 3 rings (SSSR count). The molecule has 0 saturated heterocycles. The Kier molecular flexibility index (Phi) is 4.24. The normalized spacial score (nSPS) is 12.2. The lowest BCUT2D eigenvalue weighted by molar-refractivity contribution is 0.460.